The maximum absolute atomic E-state index is 11.9. The van der Waals surface area contributed by atoms with E-state index >= 15 is 0 Å². The van der Waals surface area contributed by atoms with Crippen LogP contribution in [-0.4, -0.2) is 22.4 Å². The summed E-state index contributed by atoms with van der Waals surface area (Å²) in [5, 5.41) is 4.96. The molecule has 4 N–H and O–H groups in total. The van der Waals surface area contributed by atoms with Crippen molar-refractivity contribution in [1.82, 2.24) is 15.3 Å². The first kappa shape index (κ1) is 13.7. The summed E-state index contributed by atoms with van der Waals surface area (Å²) in [6.45, 7) is 0.473. The number of pyridine rings is 1. The van der Waals surface area contributed by atoms with Crippen LogP contribution in [0.25, 0.3) is 0 Å². The van der Waals surface area contributed by atoms with Gasteiger partial charge in [-0.25, -0.2) is 15.8 Å². The Morgan fingerprint density at radius 2 is 2.32 bits per heavy atom. The third-order valence-corrected chi connectivity index (χ3v) is 3.30. The van der Waals surface area contributed by atoms with Gasteiger partial charge in [-0.3, -0.25) is 4.79 Å². The molecular formula is C11H12ClN5OS. The standard InChI is InChI=1S/C11H12ClN5OS/c12-8-1-2-9(17-13)16-10(8)11(18)14-4-3-7-5-19-6-15-7/h1-2,5-6H,3-4,13H2,(H,14,18)(H,16,17). The number of nitrogens with two attached hydrogens (primary N) is 1. The Morgan fingerprint density at radius 1 is 1.47 bits per heavy atom. The number of hydrogen-bond donors (Lipinski definition) is 3. The minimum absolute atomic E-state index is 0.149. The molecule has 0 aliphatic carbocycles. The van der Waals surface area contributed by atoms with Crippen molar-refractivity contribution < 1.29 is 4.79 Å². The molecule has 19 heavy (non-hydrogen) atoms. The molecule has 0 fully saturated rings. The molecule has 0 saturated carbocycles. The van der Waals surface area contributed by atoms with Crippen molar-refractivity contribution in [3.8, 4) is 0 Å². The molecule has 100 valence electrons. The van der Waals surface area contributed by atoms with Crippen LogP contribution in [0.3, 0.4) is 0 Å². The topological polar surface area (TPSA) is 92.9 Å². The number of carbonyl (C=O) groups is 1. The lowest BCUT2D eigenvalue weighted by Gasteiger charge is -2.07. The smallest absolute Gasteiger partial charge is 0.271 e. The van der Waals surface area contributed by atoms with Crippen molar-refractivity contribution in [3.05, 3.63) is 39.4 Å². The van der Waals surface area contributed by atoms with Gasteiger partial charge in [0, 0.05) is 18.3 Å². The summed E-state index contributed by atoms with van der Waals surface area (Å²) in [4.78, 5) is 20.1. The van der Waals surface area contributed by atoms with E-state index in [4.69, 9.17) is 17.4 Å². The number of rotatable bonds is 5. The van der Waals surface area contributed by atoms with Crippen molar-refractivity contribution in [3.63, 3.8) is 0 Å². The Hall–Kier alpha value is -1.70. The van der Waals surface area contributed by atoms with Gasteiger partial charge in [-0.1, -0.05) is 11.6 Å². The Morgan fingerprint density at radius 3 is 3.00 bits per heavy atom. The summed E-state index contributed by atoms with van der Waals surface area (Å²) < 4.78 is 0. The highest BCUT2D eigenvalue weighted by atomic mass is 35.5. The second-order valence-corrected chi connectivity index (χ2v) is 4.78. The van der Waals surface area contributed by atoms with Crippen molar-refractivity contribution in [2.75, 3.05) is 12.0 Å². The SMILES string of the molecule is NNc1ccc(Cl)c(C(=O)NCCc2cscn2)n1. The van der Waals surface area contributed by atoms with E-state index in [1.165, 1.54) is 11.3 Å². The summed E-state index contributed by atoms with van der Waals surface area (Å²) in [5.74, 6) is 5.29. The predicted molar refractivity (Wildman–Crippen MR) is 75.2 cm³/mol. The monoisotopic (exact) mass is 297 g/mol. The molecule has 0 saturated heterocycles. The summed E-state index contributed by atoms with van der Waals surface area (Å²) in [6.07, 6.45) is 0.668. The third kappa shape index (κ3) is 3.63. The normalized spacial score (nSPS) is 10.2. The van der Waals surface area contributed by atoms with E-state index in [-0.39, 0.29) is 16.6 Å². The van der Waals surface area contributed by atoms with E-state index in [0.717, 1.165) is 5.69 Å². The fraction of sp³-hybridized carbons (Fsp3) is 0.182. The maximum atomic E-state index is 11.9. The highest BCUT2D eigenvalue weighted by Crippen LogP contribution is 2.16. The van der Waals surface area contributed by atoms with E-state index in [1.54, 1.807) is 17.6 Å². The van der Waals surface area contributed by atoms with Gasteiger partial charge in [-0.05, 0) is 12.1 Å². The number of aromatic nitrogens is 2. The molecule has 2 heterocycles. The van der Waals surface area contributed by atoms with Crippen LogP contribution >= 0.6 is 22.9 Å². The average molecular weight is 298 g/mol. The zero-order valence-corrected chi connectivity index (χ0v) is 11.5. The van der Waals surface area contributed by atoms with Crippen LogP contribution in [0.2, 0.25) is 5.02 Å². The highest BCUT2D eigenvalue weighted by molar-refractivity contribution is 7.07. The Bertz CT molecular complexity index is 560. The number of hydrogen-bond acceptors (Lipinski definition) is 6. The van der Waals surface area contributed by atoms with Crippen LogP contribution in [0.4, 0.5) is 5.82 Å². The number of carbonyl (C=O) groups excluding carboxylic acids is 1. The fourth-order valence-corrected chi connectivity index (χ4v) is 2.21. The van der Waals surface area contributed by atoms with Gasteiger partial charge in [0.1, 0.15) is 11.5 Å². The molecule has 0 aromatic carbocycles. The number of amides is 1. The first-order valence-electron chi connectivity index (χ1n) is 5.49. The molecule has 0 unspecified atom stereocenters. The van der Waals surface area contributed by atoms with Crippen LogP contribution in [0.5, 0.6) is 0 Å². The van der Waals surface area contributed by atoms with Gasteiger partial charge in [0.25, 0.3) is 5.91 Å². The molecule has 2 aromatic heterocycles. The van der Waals surface area contributed by atoms with E-state index in [0.29, 0.717) is 18.8 Å². The Kier molecular flexibility index (Phi) is 4.67. The average Bonchev–Trinajstić information content (AvgIpc) is 2.92. The van der Waals surface area contributed by atoms with Gasteiger partial charge < -0.3 is 10.7 Å². The van der Waals surface area contributed by atoms with Gasteiger partial charge in [-0.15, -0.1) is 11.3 Å². The molecule has 2 rings (SSSR count). The largest absolute Gasteiger partial charge is 0.350 e. The molecule has 0 spiro atoms. The number of nitrogens with zero attached hydrogens (tertiary/aromatic N) is 2. The quantitative estimate of drug-likeness (QED) is 0.574. The van der Waals surface area contributed by atoms with Gasteiger partial charge in [-0.2, -0.15) is 0 Å². The molecule has 0 aliphatic heterocycles. The zero-order valence-electron chi connectivity index (χ0n) is 9.89. The minimum Gasteiger partial charge on any atom is -0.350 e. The fourth-order valence-electron chi connectivity index (χ4n) is 1.43. The lowest BCUT2D eigenvalue weighted by atomic mass is 10.3. The summed E-state index contributed by atoms with van der Waals surface area (Å²) >= 11 is 7.45. The molecule has 2 aromatic rings. The second kappa shape index (κ2) is 6.46. The van der Waals surface area contributed by atoms with E-state index in [2.05, 4.69) is 20.7 Å². The molecule has 6 nitrogen and oxygen atoms in total. The number of hydrazine groups is 1. The van der Waals surface area contributed by atoms with Gasteiger partial charge in [0.05, 0.1) is 16.2 Å². The maximum Gasteiger partial charge on any atom is 0.271 e. The van der Waals surface area contributed by atoms with Crippen molar-refractivity contribution >= 4 is 34.7 Å². The summed E-state index contributed by atoms with van der Waals surface area (Å²) in [5.41, 5.74) is 5.22. The van der Waals surface area contributed by atoms with Crippen LogP contribution in [0.15, 0.2) is 23.0 Å². The highest BCUT2D eigenvalue weighted by Gasteiger charge is 2.12. The molecule has 0 atom stereocenters. The molecule has 8 heteroatoms. The van der Waals surface area contributed by atoms with Crippen molar-refractivity contribution in [2.24, 2.45) is 5.84 Å². The predicted octanol–water partition coefficient (Wildman–Crippen LogP) is 1.45. The van der Waals surface area contributed by atoms with Gasteiger partial charge in [0.2, 0.25) is 0 Å². The molecule has 0 aliphatic rings. The number of halogens is 1. The molecule has 0 radical (unpaired) electrons. The first-order chi connectivity index (χ1) is 9.20. The molecule has 1 amide bonds. The number of thiazole rings is 1. The molecular weight excluding hydrogens is 286 g/mol. The van der Waals surface area contributed by atoms with Gasteiger partial charge >= 0.3 is 0 Å². The van der Waals surface area contributed by atoms with E-state index in [1.807, 2.05) is 5.38 Å². The number of nitrogens with one attached hydrogen (secondary N) is 2. The third-order valence-electron chi connectivity index (χ3n) is 2.36. The van der Waals surface area contributed by atoms with Crippen LogP contribution in [0.1, 0.15) is 16.2 Å². The first-order valence-corrected chi connectivity index (χ1v) is 6.81. The second-order valence-electron chi connectivity index (χ2n) is 3.66. The van der Waals surface area contributed by atoms with Crippen LogP contribution in [0, 0.1) is 0 Å². The van der Waals surface area contributed by atoms with Crippen molar-refractivity contribution in [2.45, 2.75) is 6.42 Å². The molecule has 0 bridgehead atoms. The lowest BCUT2D eigenvalue weighted by Crippen LogP contribution is -2.27. The van der Waals surface area contributed by atoms with Crippen LogP contribution < -0.4 is 16.6 Å². The minimum atomic E-state index is -0.336. The Labute approximate surface area is 119 Å². The number of anilines is 1. The van der Waals surface area contributed by atoms with Crippen LogP contribution in [-0.2, 0) is 6.42 Å². The zero-order chi connectivity index (χ0) is 13.7. The van der Waals surface area contributed by atoms with Gasteiger partial charge in [0.15, 0.2) is 0 Å². The summed E-state index contributed by atoms with van der Waals surface area (Å²) in [6, 6.07) is 3.16. The Balaban J connectivity index is 1.95. The lowest BCUT2D eigenvalue weighted by molar-refractivity contribution is 0.0949. The number of nitrogen functional groups attached to an aromatic ring is 1. The summed E-state index contributed by atoms with van der Waals surface area (Å²) in [7, 11) is 0. The van der Waals surface area contributed by atoms with E-state index in [9.17, 15) is 4.79 Å². The van der Waals surface area contributed by atoms with E-state index < -0.39 is 0 Å². The van der Waals surface area contributed by atoms with Crippen molar-refractivity contribution in [1.29, 1.82) is 0 Å².